The highest BCUT2D eigenvalue weighted by Gasteiger charge is 2.13. The zero-order valence-electron chi connectivity index (χ0n) is 11.8. The van der Waals surface area contributed by atoms with Gasteiger partial charge in [0.15, 0.2) is 0 Å². The van der Waals surface area contributed by atoms with Crippen LogP contribution in [0.2, 0.25) is 0 Å². The van der Waals surface area contributed by atoms with Crippen LogP contribution in [0.3, 0.4) is 0 Å². The average molecular weight is 251 g/mol. The number of hydrogen-bond donors (Lipinski definition) is 2. The second-order valence-electron chi connectivity index (χ2n) is 4.82. The van der Waals surface area contributed by atoms with E-state index in [1.54, 1.807) is 0 Å². The van der Waals surface area contributed by atoms with Crippen molar-refractivity contribution >= 4 is 5.82 Å². The zero-order valence-corrected chi connectivity index (χ0v) is 11.8. The Morgan fingerprint density at radius 2 is 2.11 bits per heavy atom. The molecule has 18 heavy (non-hydrogen) atoms. The van der Waals surface area contributed by atoms with Crippen LogP contribution in [-0.2, 0) is 0 Å². The summed E-state index contributed by atoms with van der Waals surface area (Å²) in [6, 6.07) is 4.86. The monoisotopic (exact) mass is 251 g/mol. The van der Waals surface area contributed by atoms with Gasteiger partial charge >= 0.3 is 0 Å². The fourth-order valence-corrected chi connectivity index (χ4v) is 1.91. The molecule has 0 amide bonds. The van der Waals surface area contributed by atoms with Gasteiger partial charge in [0.25, 0.3) is 0 Å². The summed E-state index contributed by atoms with van der Waals surface area (Å²) in [5, 5.41) is 12.2. The normalized spacial score (nSPS) is 12.8. The van der Waals surface area contributed by atoms with E-state index in [2.05, 4.69) is 42.0 Å². The Balaban J connectivity index is 2.90. The summed E-state index contributed by atoms with van der Waals surface area (Å²) in [7, 11) is 1.96. The Labute approximate surface area is 110 Å². The van der Waals surface area contributed by atoms with Crippen LogP contribution in [0.1, 0.15) is 38.8 Å². The first-order chi connectivity index (χ1) is 8.60. The van der Waals surface area contributed by atoms with Crippen LogP contribution >= 0.6 is 0 Å². The van der Waals surface area contributed by atoms with Gasteiger partial charge in [0.1, 0.15) is 5.82 Å². The minimum Gasteiger partial charge on any atom is -0.396 e. The highest BCUT2D eigenvalue weighted by molar-refractivity contribution is 5.42. The lowest BCUT2D eigenvalue weighted by molar-refractivity contribution is 0.288. The number of aliphatic hydroxyl groups excluding tert-OH is 1. The number of hydrogen-bond acceptors (Lipinski definition) is 4. The van der Waals surface area contributed by atoms with E-state index in [0.29, 0.717) is 12.1 Å². The molecule has 1 heterocycles. The minimum absolute atomic E-state index is 0.218. The molecule has 1 aromatic heterocycles. The van der Waals surface area contributed by atoms with Gasteiger partial charge in [-0.3, -0.25) is 0 Å². The van der Waals surface area contributed by atoms with E-state index in [1.807, 2.05) is 19.3 Å². The molecule has 0 aliphatic heterocycles. The lowest BCUT2D eigenvalue weighted by Crippen LogP contribution is -2.33. The number of rotatable bonds is 7. The molecule has 0 aromatic carbocycles. The number of anilines is 1. The first-order valence-corrected chi connectivity index (χ1v) is 6.60. The molecule has 0 spiro atoms. The van der Waals surface area contributed by atoms with Gasteiger partial charge in [-0.1, -0.05) is 0 Å². The van der Waals surface area contributed by atoms with Crippen LogP contribution < -0.4 is 10.2 Å². The van der Waals surface area contributed by atoms with Gasteiger partial charge in [0.05, 0.1) is 0 Å². The topological polar surface area (TPSA) is 48.4 Å². The van der Waals surface area contributed by atoms with Crippen LogP contribution in [0, 0.1) is 0 Å². The first kappa shape index (κ1) is 14.9. The second-order valence-corrected chi connectivity index (χ2v) is 4.82. The SMILES string of the molecule is CNC(C)c1ccnc(N(CCCO)C(C)C)c1. The van der Waals surface area contributed by atoms with Gasteiger partial charge in [-0.25, -0.2) is 4.98 Å². The molecular formula is C14H25N3O. The van der Waals surface area contributed by atoms with Gasteiger partial charge in [0.2, 0.25) is 0 Å². The molecule has 2 N–H and O–H groups in total. The molecule has 4 nitrogen and oxygen atoms in total. The predicted molar refractivity (Wildman–Crippen MR) is 75.9 cm³/mol. The summed E-state index contributed by atoms with van der Waals surface area (Å²) in [5.74, 6) is 0.984. The summed E-state index contributed by atoms with van der Waals surface area (Å²) >= 11 is 0. The lowest BCUT2D eigenvalue weighted by Gasteiger charge is -2.28. The molecular weight excluding hydrogens is 226 g/mol. The molecule has 0 aliphatic rings. The van der Waals surface area contributed by atoms with Crippen molar-refractivity contribution in [2.75, 3.05) is 25.1 Å². The van der Waals surface area contributed by atoms with Crippen LogP contribution in [0.15, 0.2) is 18.3 Å². The van der Waals surface area contributed by atoms with Crippen molar-refractivity contribution in [3.63, 3.8) is 0 Å². The standard InChI is InChI=1S/C14H25N3O/c1-11(2)17(8-5-9-18)14-10-13(6-7-16-14)12(3)15-4/h6-7,10-12,15,18H,5,8-9H2,1-4H3. The number of nitrogens with one attached hydrogen (secondary N) is 1. The number of nitrogens with zero attached hydrogens (tertiary/aromatic N) is 2. The Bertz CT molecular complexity index is 355. The molecule has 0 fully saturated rings. The third kappa shape index (κ3) is 3.96. The molecule has 1 rings (SSSR count). The maximum atomic E-state index is 8.97. The van der Waals surface area contributed by atoms with Gasteiger partial charge in [-0.15, -0.1) is 0 Å². The molecule has 0 radical (unpaired) electrons. The highest BCUT2D eigenvalue weighted by Crippen LogP contribution is 2.19. The Hall–Kier alpha value is -1.13. The summed E-state index contributed by atoms with van der Waals surface area (Å²) in [5.41, 5.74) is 1.23. The molecule has 0 bridgehead atoms. The van der Waals surface area contributed by atoms with Crippen molar-refractivity contribution in [1.82, 2.24) is 10.3 Å². The van der Waals surface area contributed by atoms with Crippen molar-refractivity contribution in [3.05, 3.63) is 23.9 Å². The minimum atomic E-state index is 0.218. The zero-order chi connectivity index (χ0) is 13.5. The Morgan fingerprint density at radius 1 is 1.39 bits per heavy atom. The first-order valence-electron chi connectivity index (χ1n) is 6.60. The fourth-order valence-electron chi connectivity index (χ4n) is 1.91. The highest BCUT2D eigenvalue weighted by atomic mass is 16.3. The molecule has 0 saturated carbocycles. The van der Waals surface area contributed by atoms with Gasteiger partial charge in [-0.05, 0) is 51.9 Å². The van der Waals surface area contributed by atoms with E-state index in [9.17, 15) is 0 Å². The summed E-state index contributed by atoms with van der Waals surface area (Å²) < 4.78 is 0. The Kier molecular flexibility index (Phi) is 6.09. The second kappa shape index (κ2) is 7.34. The van der Waals surface area contributed by atoms with E-state index < -0.39 is 0 Å². The van der Waals surface area contributed by atoms with Crippen molar-refractivity contribution in [2.45, 2.75) is 39.3 Å². The fraction of sp³-hybridized carbons (Fsp3) is 0.643. The molecule has 1 unspecified atom stereocenters. The summed E-state index contributed by atoms with van der Waals surface area (Å²) in [4.78, 5) is 6.67. The van der Waals surface area contributed by atoms with E-state index in [-0.39, 0.29) is 6.61 Å². The van der Waals surface area contributed by atoms with Crippen LogP contribution in [0.5, 0.6) is 0 Å². The Morgan fingerprint density at radius 3 is 2.67 bits per heavy atom. The van der Waals surface area contributed by atoms with Crippen molar-refractivity contribution in [3.8, 4) is 0 Å². The maximum Gasteiger partial charge on any atom is 0.129 e. The van der Waals surface area contributed by atoms with Crippen LogP contribution in [0.4, 0.5) is 5.82 Å². The van der Waals surface area contributed by atoms with Gasteiger partial charge in [0, 0.05) is 31.4 Å². The smallest absolute Gasteiger partial charge is 0.129 e. The molecule has 1 aromatic rings. The molecule has 0 aliphatic carbocycles. The van der Waals surface area contributed by atoms with Crippen molar-refractivity contribution in [2.24, 2.45) is 0 Å². The summed E-state index contributed by atoms with van der Waals surface area (Å²) in [6.45, 7) is 7.47. The third-order valence-corrected chi connectivity index (χ3v) is 3.18. The maximum absolute atomic E-state index is 8.97. The predicted octanol–water partition coefficient (Wildman–Crippen LogP) is 1.96. The van der Waals surface area contributed by atoms with Crippen LogP contribution in [-0.4, -0.2) is 36.3 Å². The molecule has 4 heteroatoms. The van der Waals surface area contributed by atoms with Crippen molar-refractivity contribution in [1.29, 1.82) is 0 Å². The number of aromatic nitrogens is 1. The van der Waals surface area contributed by atoms with E-state index in [0.717, 1.165) is 18.8 Å². The number of pyridine rings is 1. The van der Waals surface area contributed by atoms with E-state index >= 15 is 0 Å². The van der Waals surface area contributed by atoms with Crippen molar-refractivity contribution < 1.29 is 5.11 Å². The largest absolute Gasteiger partial charge is 0.396 e. The molecule has 1 atom stereocenters. The van der Waals surface area contributed by atoms with Crippen LogP contribution in [0.25, 0.3) is 0 Å². The molecule has 102 valence electrons. The quantitative estimate of drug-likeness (QED) is 0.778. The average Bonchev–Trinajstić information content (AvgIpc) is 2.38. The van der Waals surface area contributed by atoms with E-state index in [1.165, 1.54) is 5.56 Å². The summed E-state index contributed by atoms with van der Waals surface area (Å²) in [6.07, 6.45) is 2.62. The van der Waals surface area contributed by atoms with E-state index in [4.69, 9.17) is 5.11 Å². The third-order valence-electron chi connectivity index (χ3n) is 3.18. The lowest BCUT2D eigenvalue weighted by atomic mass is 10.1. The molecule has 0 saturated heterocycles. The number of aliphatic hydroxyl groups is 1. The van der Waals surface area contributed by atoms with Gasteiger partial charge < -0.3 is 15.3 Å². The van der Waals surface area contributed by atoms with Gasteiger partial charge in [-0.2, -0.15) is 0 Å².